The summed E-state index contributed by atoms with van der Waals surface area (Å²) >= 11 is 5.92. The van der Waals surface area contributed by atoms with E-state index >= 15 is 0 Å². The number of anilines is 1. The molecule has 166 valence electrons. The van der Waals surface area contributed by atoms with E-state index in [9.17, 15) is 37.8 Å². The maximum Gasteiger partial charge on any atom is 0.426 e. The van der Waals surface area contributed by atoms with Gasteiger partial charge in [-0.05, 0) is 37.1 Å². The molecule has 0 aliphatic heterocycles. The molecule has 3 N–H and O–H groups in total. The number of carbonyl (C=O) groups excluding carboxylic acids is 3. The van der Waals surface area contributed by atoms with Crippen LogP contribution >= 0.6 is 11.6 Å². The molecule has 0 unspecified atom stereocenters. The number of aliphatic carboxylic acids is 1. The first-order chi connectivity index (χ1) is 14.3. The van der Waals surface area contributed by atoms with E-state index in [1.54, 1.807) is 30.3 Å². The van der Waals surface area contributed by atoms with Crippen LogP contribution in [-0.2, 0) is 16.0 Å². The Kier molecular flexibility index (Phi) is 7.29. The lowest BCUT2D eigenvalue weighted by Crippen LogP contribution is -2.52. The number of aliphatic hydroxyl groups is 1. The number of alkyl halides is 3. The van der Waals surface area contributed by atoms with Crippen molar-refractivity contribution < 1.29 is 37.8 Å². The van der Waals surface area contributed by atoms with Gasteiger partial charge in [0.05, 0.1) is 22.7 Å². The number of carbonyl (C=O) groups is 3. The summed E-state index contributed by atoms with van der Waals surface area (Å²) in [6, 6.07) is 10.3. The molecule has 11 heteroatoms. The van der Waals surface area contributed by atoms with Gasteiger partial charge in [0, 0.05) is 5.56 Å². The van der Waals surface area contributed by atoms with Crippen LogP contribution in [0.25, 0.3) is 0 Å². The van der Waals surface area contributed by atoms with Crippen molar-refractivity contribution in [3.05, 3.63) is 64.7 Å². The van der Waals surface area contributed by atoms with Crippen LogP contribution in [0.1, 0.15) is 22.8 Å². The van der Waals surface area contributed by atoms with Crippen LogP contribution in [-0.4, -0.2) is 40.7 Å². The fraction of sp³-hybridized carbons (Fsp3) is 0.250. The molecule has 2 aromatic rings. The highest BCUT2D eigenvalue weighted by Crippen LogP contribution is 2.32. The molecule has 0 spiro atoms. The van der Waals surface area contributed by atoms with E-state index in [4.69, 9.17) is 11.6 Å². The Morgan fingerprint density at radius 3 is 2.26 bits per heavy atom. The lowest BCUT2D eigenvalue weighted by molar-refractivity contribution is -0.308. The van der Waals surface area contributed by atoms with Crippen LogP contribution < -0.4 is 15.7 Å². The van der Waals surface area contributed by atoms with E-state index in [0.29, 0.717) is 5.56 Å². The van der Waals surface area contributed by atoms with Crippen LogP contribution in [0.3, 0.4) is 0 Å². The van der Waals surface area contributed by atoms with Crippen molar-refractivity contribution >= 4 is 35.1 Å². The molecule has 0 saturated heterocycles. The van der Waals surface area contributed by atoms with Crippen LogP contribution in [0.15, 0.2) is 48.5 Å². The molecule has 0 saturated carbocycles. The minimum Gasteiger partial charge on any atom is -0.548 e. The highest BCUT2D eigenvalue weighted by atomic mass is 35.5. The van der Waals surface area contributed by atoms with Gasteiger partial charge in [-0.2, -0.15) is 13.2 Å². The molecule has 0 fully saturated rings. The summed E-state index contributed by atoms with van der Waals surface area (Å²) in [4.78, 5) is 35.5. The molecule has 2 amide bonds. The number of nitrogens with one attached hydrogen (secondary N) is 2. The molecule has 0 radical (unpaired) electrons. The second-order valence-corrected chi connectivity index (χ2v) is 7.16. The molecule has 7 nitrogen and oxygen atoms in total. The van der Waals surface area contributed by atoms with Gasteiger partial charge < -0.3 is 25.6 Å². The molecule has 0 aliphatic carbocycles. The van der Waals surface area contributed by atoms with Gasteiger partial charge in [0.15, 0.2) is 0 Å². The third-order valence-corrected chi connectivity index (χ3v) is 4.66. The van der Waals surface area contributed by atoms with Crippen LogP contribution in [0.2, 0.25) is 5.02 Å². The highest BCUT2D eigenvalue weighted by Gasteiger charge is 2.55. The summed E-state index contributed by atoms with van der Waals surface area (Å²) in [7, 11) is 0. The summed E-state index contributed by atoms with van der Waals surface area (Å²) in [6.45, 7) is 0.283. The van der Waals surface area contributed by atoms with Gasteiger partial charge in [-0.3, -0.25) is 9.59 Å². The fourth-order valence-corrected chi connectivity index (χ4v) is 2.64. The summed E-state index contributed by atoms with van der Waals surface area (Å²) in [6.07, 6.45) is -5.26. The standard InChI is InChI=1S/C20H18ClF3N2O5/c1-19(31,20(22,23)24)18(30)26-14-8-7-12(10-13(14)21)16(27)25-15(17(28)29)9-11-5-3-2-4-6-11/h2-8,10,15,31H,9H2,1H3,(H,25,27)(H,26,30)(H,28,29)/p-1/t15-,19+/m0/s1. The first-order valence-corrected chi connectivity index (χ1v) is 9.16. The Labute approximate surface area is 179 Å². The van der Waals surface area contributed by atoms with Crippen molar-refractivity contribution in [1.82, 2.24) is 5.32 Å². The molecule has 0 heterocycles. The van der Waals surface area contributed by atoms with E-state index in [1.807, 2.05) is 5.32 Å². The molecule has 31 heavy (non-hydrogen) atoms. The maximum atomic E-state index is 12.8. The molecule has 0 aliphatic rings. The van der Waals surface area contributed by atoms with Gasteiger partial charge in [-0.1, -0.05) is 41.9 Å². The molecule has 0 bridgehead atoms. The summed E-state index contributed by atoms with van der Waals surface area (Å²) < 4.78 is 38.3. The number of hydrogen-bond acceptors (Lipinski definition) is 5. The summed E-state index contributed by atoms with van der Waals surface area (Å²) in [5, 5.41) is 24.6. The number of benzene rings is 2. The SMILES string of the molecule is C[C@@](O)(C(=O)Nc1ccc(C(=O)N[C@@H](Cc2ccccc2)C(=O)[O-])cc1Cl)C(F)(F)F. The van der Waals surface area contributed by atoms with Gasteiger partial charge in [0.2, 0.25) is 5.60 Å². The first kappa shape index (κ1) is 24.2. The number of amides is 2. The Morgan fingerprint density at radius 2 is 1.74 bits per heavy atom. The van der Waals surface area contributed by atoms with Crippen molar-refractivity contribution in [2.75, 3.05) is 5.32 Å². The molecule has 2 rings (SSSR count). The summed E-state index contributed by atoms with van der Waals surface area (Å²) in [5.41, 5.74) is -3.41. The molecule has 0 aromatic heterocycles. The second-order valence-electron chi connectivity index (χ2n) is 6.75. The normalized spacial score (nSPS) is 14.3. The van der Waals surface area contributed by atoms with E-state index in [0.717, 1.165) is 18.2 Å². The third kappa shape index (κ3) is 5.96. The Morgan fingerprint density at radius 1 is 1.13 bits per heavy atom. The predicted molar refractivity (Wildman–Crippen MR) is 103 cm³/mol. The first-order valence-electron chi connectivity index (χ1n) is 8.78. The van der Waals surface area contributed by atoms with Gasteiger partial charge in [0.1, 0.15) is 0 Å². The lowest BCUT2D eigenvalue weighted by atomic mass is 10.0. The zero-order valence-corrected chi connectivity index (χ0v) is 16.8. The van der Waals surface area contributed by atoms with Crippen molar-refractivity contribution in [3.8, 4) is 0 Å². The van der Waals surface area contributed by atoms with Gasteiger partial charge in [-0.15, -0.1) is 0 Å². The monoisotopic (exact) mass is 457 g/mol. The molecular formula is C20H17ClF3N2O5-. The van der Waals surface area contributed by atoms with Crippen molar-refractivity contribution in [2.45, 2.75) is 31.2 Å². The van der Waals surface area contributed by atoms with Gasteiger partial charge >= 0.3 is 6.18 Å². The zero-order valence-electron chi connectivity index (χ0n) is 16.0. The topological polar surface area (TPSA) is 119 Å². The zero-order chi connectivity index (χ0) is 23.4. The fourth-order valence-electron chi connectivity index (χ4n) is 2.42. The minimum absolute atomic E-state index is 0.0384. The third-order valence-electron chi connectivity index (χ3n) is 4.35. The lowest BCUT2D eigenvalue weighted by Gasteiger charge is -2.25. The van der Waals surface area contributed by atoms with Crippen LogP contribution in [0, 0.1) is 0 Å². The van der Waals surface area contributed by atoms with Crippen LogP contribution in [0.4, 0.5) is 18.9 Å². The number of carboxylic acids is 1. The number of halogens is 4. The van der Waals surface area contributed by atoms with Gasteiger partial charge in [0.25, 0.3) is 11.8 Å². The summed E-state index contributed by atoms with van der Waals surface area (Å²) in [5.74, 6) is -4.10. The predicted octanol–water partition coefficient (Wildman–Crippen LogP) is 1.68. The van der Waals surface area contributed by atoms with Crippen LogP contribution in [0.5, 0.6) is 0 Å². The van der Waals surface area contributed by atoms with E-state index in [-0.39, 0.29) is 29.6 Å². The largest absolute Gasteiger partial charge is 0.548 e. The number of hydrogen-bond donors (Lipinski definition) is 3. The molecule has 2 atom stereocenters. The Hall–Kier alpha value is -3.11. The van der Waals surface area contributed by atoms with E-state index in [2.05, 4.69) is 5.32 Å². The number of carboxylic acid groups (broad SMARTS) is 1. The maximum absolute atomic E-state index is 12.8. The quantitative estimate of drug-likeness (QED) is 0.584. The average molecular weight is 458 g/mol. The van der Waals surface area contributed by atoms with E-state index < -0.39 is 35.6 Å². The van der Waals surface area contributed by atoms with Crippen molar-refractivity contribution in [2.24, 2.45) is 0 Å². The number of rotatable bonds is 7. The Bertz CT molecular complexity index is 981. The van der Waals surface area contributed by atoms with E-state index in [1.165, 1.54) is 0 Å². The molecular weight excluding hydrogens is 441 g/mol. The van der Waals surface area contributed by atoms with Crippen molar-refractivity contribution in [3.63, 3.8) is 0 Å². The second kappa shape index (κ2) is 9.36. The minimum atomic E-state index is -5.22. The average Bonchev–Trinajstić information content (AvgIpc) is 2.68. The Balaban J connectivity index is 2.13. The smallest absolute Gasteiger partial charge is 0.426 e. The highest BCUT2D eigenvalue weighted by molar-refractivity contribution is 6.34. The van der Waals surface area contributed by atoms with Gasteiger partial charge in [-0.25, -0.2) is 0 Å². The van der Waals surface area contributed by atoms with Crippen molar-refractivity contribution in [1.29, 1.82) is 0 Å². The molecule has 2 aromatic carbocycles.